The number of aliphatic hydroxyl groups is 1. The Labute approximate surface area is 183 Å². The number of rotatable bonds is 6. The summed E-state index contributed by atoms with van der Waals surface area (Å²) >= 11 is 0. The lowest BCUT2D eigenvalue weighted by Crippen LogP contribution is -2.38. The molecule has 31 heavy (non-hydrogen) atoms. The number of aromatic nitrogens is 1. The largest absolute Gasteiger partial charge is 0.491 e. The molecule has 3 aromatic carbocycles. The molecule has 0 saturated heterocycles. The molecule has 158 valence electrons. The Balaban J connectivity index is 1.21. The van der Waals surface area contributed by atoms with Gasteiger partial charge in [0.25, 0.3) is 0 Å². The minimum Gasteiger partial charge on any atom is -0.491 e. The van der Waals surface area contributed by atoms with Crippen molar-refractivity contribution < 1.29 is 9.84 Å². The molecule has 0 spiro atoms. The molecule has 1 N–H and O–H groups in total. The van der Waals surface area contributed by atoms with E-state index in [1.54, 1.807) is 0 Å². The smallest absolute Gasteiger partial charge is 0.120 e. The first-order valence-corrected chi connectivity index (χ1v) is 10.9. The summed E-state index contributed by atoms with van der Waals surface area (Å²) in [5.41, 5.74) is 6.27. The first-order valence-electron chi connectivity index (χ1n) is 10.9. The van der Waals surface area contributed by atoms with Gasteiger partial charge in [-0.3, -0.25) is 4.90 Å². The summed E-state index contributed by atoms with van der Waals surface area (Å²) in [5.74, 6) is 0.785. The van der Waals surface area contributed by atoms with E-state index < -0.39 is 6.10 Å². The monoisotopic (exact) mass is 412 g/mol. The second kappa shape index (κ2) is 8.58. The first-order chi connectivity index (χ1) is 15.2. The Morgan fingerprint density at radius 1 is 0.935 bits per heavy atom. The molecular formula is C27H28N2O2. The van der Waals surface area contributed by atoms with Crippen molar-refractivity contribution in [1.29, 1.82) is 0 Å². The van der Waals surface area contributed by atoms with Crippen LogP contribution in [0.3, 0.4) is 0 Å². The number of fused-ring (bicyclic) bond motifs is 2. The van der Waals surface area contributed by atoms with E-state index in [-0.39, 0.29) is 0 Å². The predicted molar refractivity (Wildman–Crippen MR) is 125 cm³/mol. The van der Waals surface area contributed by atoms with Crippen LogP contribution in [0.5, 0.6) is 5.75 Å². The van der Waals surface area contributed by atoms with Gasteiger partial charge in [-0.2, -0.15) is 0 Å². The molecule has 0 amide bonds. The van der Waals surface area contributed by atoms with Crippen LogP contribution in [0.2, 0.25) is 0 Å². The molecule has 1 atom stereocenters. The number of ether oxygens (including phenoxy) is 1. The average Bonchev–Trinajstić information content (AvgIpc) is 3.18. The lowest BCUT2D eigenvalue weighted by molar-refractivity contribution is 0.0638. The van der Waals surface area contributed by atoms with E-state index in [4.69, 9.17) is 4.74 Å². The number of hydrogen-bond donors (Lipinski definition) is 1. The maximum absolute atomic E-state index is 10.6. The number of benzene rings is 3. The van der Waals surface area contributed by atoms with Crippen molar-refractivity contribution in [1.82, 2.24) is 9.47 Å². The molecule has 4 aromatic rings. The third-order valence-electron chi connectivity index (χ3n) is 6.18. The van der Waals surface area contributed by atoms with Crippen LogP contribution in [-0.4, -0.2) is 40.4 Å². The summed E-state index contributed by atoms with van der Waals surface area (Å²) in [5, 5.41) is 11.8. The topological polar surface area (TPSA) is 37.6 Å². The van der Waals surface area contributed by atoms with E-state index in [1.807, 2.05) is 18.2 Å². The van der Waals surface area contributed by atoms with Gasteiger partial charge >= 0.3 is 0 Å². The van der Waals surface area contributed by atoms with Gasteiger partial charge in [-0.15, -0.1) is 0 Å². The standard InChI is InChI=1S/C27H28N2O2/c1-28-13-11-21-9-10-23(16-27(21)28)22-7-4-8-26(15-22)31-19-25(30)18-29-14-12-20-5-2-3-6-24(20)17-29/h2-11,13,15-16,25,30H,12,14,17-19H2,1H3. The van der Waals surface area contributed by atoms with Gasteiger partial charge < -0.3 is 14.4 Å². The maximum atomic E-state index is 10.6. The fourth-order valence-electron chi connectivity index (χ4n) is 4.46. The van der Waals surface area contributed by atoms with E-state index in [0.29, 0.717) is 13.2 Å². The van der Waals surface area contributed by atoms with Crippen molar-refractivity contribution in [2.24, 2.45) is 7.05 Å². The molecule has 2 heterocycles. The Bertz CT molecular complexity index is 1200. The third kappa shape index (κ3) is 4.36. The van der Waals surface area contributed by atoms with Gasteiger partial charge in [0.05, 0.1) is 0 Å². The highest BCUT2D eigenvalue weighted by atomic mass is 16.5. The fraction of sp³-hybridized carbons (Fsp3) is 0.259. The number of hydrogen-bond acceptors (Lipinski definition) is 3. The average molecular weight is 413 g/mol. The maximum Gasteiger partial charge on any atom is 0.120 e. The van der Waals surface area contributed by atoms with Crippen LogP contribution in [0, 0.1) is 0 Å². The van der Waals surface area contributed by atoms with Crippen molar-refractivity contribution >= 4 is 10.9 Å². The van der Waals surface area contributed by atoms with Gasteiger partial charge in [0, 0.05) is 38.4 Å². The lowest BCUT2D eigenvalue weighted by atomic mass is 10.00. The summed E-state index contributed by atoms with van der Waals surface area (Å²) in [6, 6.07) is 25.3. The van der Waals surface area contributed by atoms with Crippen LogP contribution in [0.15, 0.2) is 79.0 Å². The van der Waals surface area contributed by atoms with Gasteiger partial charge in [0.2, 0.25) is 0 Å². The molecule has 1 aromatic heterocycles. The summed E-state index contributed by atoms with van der Waals surface area (Å²) in [7, 11) is 2.06. The van der Waals surface area contributed by atoms with Crippen LogP contribution in [0.4, 0.5) is 0 Å². The van der Waals surface area contributed by atoms with E-state index >= 15 is 0 Å². The summed E-state index contributed by atoms with van der Waals surface area (Å²) < 4.78 is 8.09. The molecule has 5 rings (SSSR count). The highest BCUT2D eigenvalue weighted by molar-refractivity contribution is 5.85. The van der Waals surface area contributed by atoms with E-state index in [1.165, 1.54) is 22.0 Å². The van der Waals surface area contributed by atoms with Crippen LogP contribution in [0.1, 0.15) is 11.1 Å². The number of nitrogens with zero attached hydrogens (tertiary/aromatic N) is 2. The third-order valence-corrected chi connectivity index (χ3v) is 6.18. The molecule has 4 nitrogen and oxygen atoms in total. The van der Waals surface area contributed by atoms with Crippen molar-refractivity contribution in [3.63, 3.8) is 0 Å². The van der Waals surface area contributed by atoms with E-state index in [9.17, 15) is 5.11 Å². The molecule has 0 radical (unpaired) electrons. The Morgan fingerprint density at radius 2 is 1.77 bits per heavy atom. The summed E-state index contributed by atoms with van der Waals surface area (Å²) in [6.45, 7) is 2.78. The molecule has 4 heteroatoms. The highest BCUT2D eigenvalue weighted by Crippen LogP contribution is 2.27. The molecule has 0 fully saturated rings. The van der Waals surface area contributed by atoms with Gasteiger partial charge in [-0.25, -0.2) is 0 Å². The molecule has 0 saturated carbocycles. The normalized spacial score (nSPS) is 15.0. The first kappa shape index (κ1) is 19.9. The van der Waals surface area contributed by atoms with Gasteiger partial charge in [-0.05, 0) is 58.3 Å². The Morgan fingerprint density at radius 3 is 2.68 bits per heavy atom. The Kier molecular flexibility index (Phi) is 5.49. The van der Waals surface area contributed by atoms with Crippen LogP contribution < -0.4 is 4.74 Å². The quantitative estimate of drug-likeness (QED) is 0.501. The minimum atomic E-state index is -0.520. The van der Waals surface area contributed by atoms with Crippen molar-refractivity contribution in [2.45, 2.75) is 19.1 Å². The summed E-state index contributed by atoms with van der Waals surface area (Å²) in [6.07, 6.45) is 2.60. The lowest BCUT2D eigenvalue weighted by Gasteiger charge is -2.30. The highest BCUT2D eigenvalue weighted by Gasteiger charge is 2.18. The predicted octanol–water partition coefficient (Wildman–Crippen LogP) is 4.64. The zero-order chi connectivity index (χ0) is 21.2. The van der Waals surface area contributed by atoms with Crippen LogP contribution in [0.25, 0.3) is 22.0 Å². The molecule has 0 aliphatic carbocycles. The fourth-order valence-corrected chi connectivity index (χ4v) is 4.46. The molecule has 0 bridgehead atoms. The second-order valence-electron chi connectivity index (χ2n) is 8.45. The number of aliphatic hydroxyl groups excluding tert-OH is 1. The molecule has 1 aliphatic heterocycles. The zero-order valence-corrected chi connectivity index (χ0v) is 17.9. The van der Waals surface area contributed by atoms with E-state index in [0.717, 1.165) is 36.4 Å². The summed E-state index contributed by atoms with van der Waals surface area (Å²) in [4.78, 5) is 2.31. The second-order valence-corrected chi connectivity index (χ2v) is 8.45. The van der Waals surface area contributed by atoms with Gasteiger partial charge in [0.1, 0.15) is 18.5 Å². The number of β-amino-alcohol motifs (C(OH)–C–C–N with tert-alkyl or cyclic N) is 1. The van der Waals surface area contributed by atoms with Crippen molar-refractivity contribution in [3.05, 3.63) is 90.1 Å². The minimum absolute atomic E-state index is 0.290. The van der Waals surface area contributed by atoms with E-state index in [2.05, 4.69) is 77.3 Å². The van der Waals surface area contributed by atoms with Crippen molar-refractivity contribution in [3.8, 4) is 16.9 Å². The molecule has 1 aliphatic rings. The zero-order valence-electron chi connectivity index (χ0n) is 17.9. The Hall–Kier alpha value is -3.08. The SMILES string of the molecule is Cn1ccc2ccc(-c3cccc(OCC(O)CN4CCc5ccccc5C4)c3)cc21. The van der Waals surface area contributed by atoms with Gasteiger partial charge in [0.15, 0.2) is 0 Å². The van der Waals surface area contributed by atoms with Crippen molar-refractivity contribution in [2.75, 3.05) is 19.7 Å². The molecule has 1 unspecified atom stereocenters. The van der Waals surface area contributed by atoms with Crippen LogP contribution in [-0.2, 0) is 20.0 Å². The van der Waals surface area contributed by atoms with Crippen LogP contribution >= 0.6 is 0 Å². The van der Waals surface area contributed by atoms with Gasteiger partial charge in [-0.1, -0.05) is 48.5 Å². The number of aryl methyl sites for hydroxylation is 1. The molecular weight excluding hydrogens is 384 g/mol.